The summed E-state index contributed by atoms with van der Waals surface area (Å²) in [6.45, 7) is 7.31. The molecular formula is C79H154O17P2. The maximum atomic E-state index is 13.1. The van der Waals surface area contributed by atoms with Crippen LogP contribution in [0.3, 0.4) is 0 Å². The van der Waals surface area contributed by atoms with Crippen LogP contribution in [0.2, 0.25) is 0 Å². The van der Waals surface area contributed by atoms with Gasteiger partial charge >= 0.3 is 39.5 Å². The van der Waals surface area contributed by atoms with Crippen LogP contribution in [0, 0.1) is 5.92 Å². The topological polar surface area (TPSA) is 237 Å². The van der Waals surface area contributed by atoms with Gasteiger partial charge in [0.25, 0.3) is 0 Å². The van der Waals surface area contributed by atoms with Gasteiger partial charge in [-0.1, -0.05) is 369 Å². The van der Waals surface area contributed by atoms with Crippen molar-refractivity contribution in [3.63, 3.8) is 0 Å². The molecule has 0 saturated heterocycles. The van der Waals surface area contributed by atoms with Gasteiger partial charge in [-0.15, -0.1) is 0 Å². The standard InChI is InChI=1S/C79H154O17P2/c1-6-9-12-15-18-21-24-27-29-30-31-32-33-35-38-44-49-54-59-64-78(83)95-74(68-90-77(82)63-58-53-48-43-37-34-28-25-22-19-16-13-10-7-2)70-93-97(85,86)91-66-73(80)67-92-98(87,88)94-71-75(69-89-76(81)62-57-52-47-42-36-26-23-20-17-14-11-8-3)96-79(84)65-60-55-50-45-40-39-41-46-51-56-61-72(4)5/h72-75,80H,6-71H2,1-5H3,(H,85,86)(H,87,88)/t73-,74-,75-/m1/s1. The zero-order valence-electron chi connectivity index (χ0n) is 63.9. The highest BCUT2D eigenvalue weighted by atomic mass is 31.2. The van der Waals surface area contributed by atoms with E-state index in [1.54, 1.807) is 0 Å². The molecule has 0 aromatic rings. The van der Waals surface area contributed by atoms with E-state index in [9.17, 15) is 43.2 Å². The summed E-state index contributed by atoms with van der Waals surface area (Å²) in [5, 5.41) is 10.6. The second kappa shape index (κ2) is 72.0. The molecule has 5 atom stereocenters. The van der Waals surface area contributed by atoms with E-state index in [0.29, 0.717) is 25.7 Å². The molecule has 0 bridgehead atoms. The van der Waals surface area contributed by atoms with E-state index in [1.807, 2.05) is 0 Å². The third kappa shape index (κ3) is 72.4. The number of aliphatic hydroxyl groups is 1. The molecule has 2 unspecified atom stereocenters. The minimum absolute atomic E-state index is 0.107. The average Bonchev–Trinajstić information content (AvgIpc) is 1.01. The van der Waals surface area contributed by atoms with Crippen LogP contribution in [0.15, 0.2) is 0 Å². The van der Waals surface area contributed by atoms with Crippen molar-refractivity contribution >= 4 is 39.5 Å². The summed E-state index contributed by atoms with van der Waals surface area (Å²) >= 11 is 0. The highest BCUT2D eigenvalue weighted by Gasteiger charge is 2.30. The van der Waals surface area contributed by atoms with Crippen LogP contribution in [0.25, 0.3) is 0 Å². The Morgan fingerprint density at radius 3 is 0.694 bits per heavy atom. The number of phosphoric ester groups is 2. The fourth-order valence-electron chi connectivity index (χ4n) is 12.2. The molecule has 582 valence electrons. The van der Waals surface area contributed by atoms with E-state index in [4.69, 9.17) is 37.0 Å². The van der Waals surface area contributed by atoms with Gasteiger partial charge in [-0.3, -0.25) is 37.3 Å². The first-order chi connectivity index (χ1) is 47.5. The summed E-state index contributed by atoms with van der Waals surface area (Å²) in [5.41, 5.74) is 0. The van der Waals surface area contributed by atoms with E-state index in [2.05, 4.69) is 34.6 Å². The summed E-state index contributed by atoms with van der Waals surface area (Å²) < 4.78 is 68.7. The van der Waals surface area contributed by atoms with Gasteiger partial charge in [-0.05, 0) is 31.6 Å². The van der Waals surface area contributed by atoms with Crippen LogP contribution >= 0.6 is 15.6 Å². The molecule has 0 aromatic heterocycles. The van der Waals surface area contributed by atoms with E-state index < -0.39 is 97.5 Å². The first-order valence-electron chi connectivity index (χ1n) is 41.1. The number of ether oxygens (including phenoxy) is 4. The molecule has 17 nitrogen and oxygen atoms in total. The largest absolute Gasteiger partial charge is 0.472 e. The first kappa shape index (κ1) is 96.1. The molecule has 98 heavy (non-hydrogen) atoms. The van der Waals surface area contributed by atoms with Crippen molar-refractivity contribution in [2.24, 2.45) is 5.92 Å². The lowest BCUT2D eigenvalue weighted by Gasteiger charge is -2.21. The average molecular weight is 1440 g/mol. The summed E-state index contributed by atoms with van der Waals surface area (Å²) in [4.78, 5) is 73.0. The van der Waals surface area contributed by atoms with Crippen molar-refractivity contribution in [2.45, 2.75) is 438 Å². The Balaban J connectivity index is 5.24. The van der Waals surface area contributed by atoms with E-state index >= 15 is 0 Å². The minimum atomic E-state index is -4.96. The molecule has 0 aromatic carbocycles. The number of esters is 4. The Hall–Kier alpha value is -1.94. The maximum Gasteiger partial charge on any atom is 0.472 e. The lowest BCUT2D eigenvalue weighted by molar-refractivity contribution is -0.161. The predicted octanol–water partition coefficient (Wildman–Crippen LogP) is 23.6. The van der Waals surface area contributed by atoms with Crippen LogP contribution in [0.5, 0.6) is 0 Å². The summed E-state index contributed by atoms with van der Waals surface area (Å²) in [6.07, 6.45) is 62.3. The highest BCUT2D eigenvalue weighted by molar-refractivity contribution is 7.47. The Kier molecular flexibility index (Phi) is 70.6. The fourth-order valence-corrected chi connectivity index (χ4v) is 13.8. The molecule has 0 radical (unpaired) electrons. The molecule has 0 spiro atoms. The van der Waals surface area contributed by atoms with Gasteiger partial charge in [0, 0.05) is 25.7 Å². The number of carbonyl (C=O) groups is 4. The molecule has 0 aliphatic carbocycles. The molecule has 0 amide bonds. The Morgan fingerprint density at radius 1 is 0.276 bits per heavy atom. The maximum absolute atomic E-state index is 13.1. The monoisotopic (exact) mass is 1440 g/mol. The number of hydrogen-bond donors (Lipinski definition) is 3. The third-order valence-electron chi connectivity index (χ3n) is 18.5. The lowest BCUT2D eigenvalue weighted by Crippen LogP contribution is -2.30. The van der Waals surface area contributed by atoms with Crippen LogP contribution in [0.1, 0.15) is 420 Å². The van der Waals surface area contributed by atoms with E-state index in [-0.39, 0.29) is 25.7 Å². The van der Waals surface area contributed by atoms with Crippen molar-refractivity contribution < 1.29 is 80.2 Å². The molecule has 0 heterocycles. The van der Waals surface area contributed by atoms with Gasteiger partial charge in [0.2, 0.25) is 0 Å². The molecular weight excluding hydrogens is 1280 g/mol. The summed E-state index contributed by atoms with van der Waals surface area (Å²) in [6, 6.07) is 0. The fraction of sp³-hybridized carbons (Fsp3) is 0.949. The molecule has 0 fully saturated rings. The Bertz CT molecular complexity index is 1870. The second-order valence-corrected chi connectivity index (χ2v) is 31.8. The van der Waals surface area contributed by atoms with Gasteiger partial charge in [-0.25, -0.2) is 9.13 Å². The SMILES string of the molecule is CCCCCCCCCCCCCCCCCCCCCC(=O)O[C@H](COC(=O)CCCCCCCCCCCCCCCC)COP(=O)(O)OC[C@@H](O)COP(=O)(O)OC[C@@H](COC(=O)CCCCCCCCCCCCCC)OC(=O)CCCCCCCCCCCCC(C)C. The van der Waals surface area contributed by atoms with Crippen LogP contribution < -0.4 is 0 Å². The van der Waals surface area contributed by atoms with Crippen molar-refractivity contribution in [3.8, 4) is 0 Å². The number of aliphatic hydroxyl groups excluding tert-OH is 1. The van der Waals surface area contributed by atoms with Crippen molar-refractivity contribution in [1.29, 1.82) is 0 Å². The Labute approximate surface area is 600 Å². The predicted molar refractivity (Wildman–Crippen MR) is 400 cm³/mol. The van der Waals surface area contributed by atoms with Gasteiger partial charge in [-0.2, -0.15) is 0 Å². The molecule has 19 heteroatoms. The lowest BCUT2D eigenvalue weighted by atomic mass is 10.0. The summed E-state index contributed by atoms with van der Waals surface area (Å²) in [5.74, 6) is -1.36. The van der Waals surface area contributed by atoms with E-state index in [1.165, 1.54) is 244 Å². The number of carbonyl (C=O) groups excluding carboxylic acids is 4. The van der Waals surface area contributed by atoms with Crippen LogP contribution in [-0.2, 0) is 65.4 Å². The third-order valence-corrected chi connectivity index (χ3v) is 20.4. The summed E-state index contributed by atoms with van der Waals surface area (Å²) in [7, 11) is -9.92. The minimum Gasteiger partial charge on any atom is -0.462 e. The van der Waals surface area contributed by atoms with E-state index in [0.717, 1.165) is 95.8 Å². The molecule has 0 saturated carbocycles. The van der Waals surface area contributed by atoms with Gasteiger partial charge in [0.15, 0.2) is 12.2 Å². The zero-order chi connectivity index (χ0) is 71.9. The van der Waals surface area contributed by atoms with Crippen LogP contribution in [0.4, 0.5) is 0 Å². The number of unbranched alkanes of at least 4 members (excludes halogenated alkanes) is 51. The van der Waals surface area contributed by atoms with Crippen molar-refractivity contribution in [3.05, 3.63) is 0 Å². The molecule has 0 aliphatic rings. The normalized spacial score (nSPS) is 13.9. The number of hydrogen-bond acceptors (Lipinski definition) is 15. The molecule has 3 N–H and O–H groups in total. The van der Waals surface area contributed by atoms with Gasteiger partial charge in [0.05, 0.1) is 26.4 Å². The highest BCUT2D eigenvalue weighted by Crippen LogP contribution is 2.45. The Morgan fingerprint density at radius 2 is 0.469 bits per heavy atom. The van der Waals surface area contributed by atoms with Gasteiger partial charge < -0.3 is 33.8 Å². The first-order valence-corrected chi connectivity index (χ1v) is 44.1. The molecule has 0 rings (SSSR count). The van der Waals surface area contributed by atoms with Crippen molar-refractivity contribution in [1.82, 2.24) is 0 Å². The number of rotatable bonds is 79. The smallest absolute Gasteiger partial charge is 0.462 e. The molecule has 0 aliphatic heterocycles. The quantitative estimate of drug-likeness (QED) is 0.0222. The zero-order valence-corrected chi connectivity index (χ0v) is 65.7. The van der Waals surface area contributed by atoms with Crippen LogP contribution in [-0.4, -0.2) is 96.7 Å². The van der Waals surface area contributed by atoms with Crippen molar-refractivity contribution in [2.75, 3.05) is 39.6 Å². The van der Waals surface area contributed by atoms with Gasteiger partial charge in [0.1, 0.15) is 19.3 Å². The second-order valence-electron chi connectivity index (χ2n) is 28.9. The number of phosphoric acid groups is 2.